The van der Waals surface area contributed by atoms with Crippen molar-refractivity contribution in [3.8, 4) is 0 Å². The number of aryl methyl sites for hydroxylation is 1. The van der Waals surface area contributed by atoms with Crippen LogP contribution in [0.15, 0.2) is 29.3 Å². The smallest absolute Gasteiger partial charge is 0.216 e. The maximum absolute atomic E-state index is 5.54. The van der Waals surface area contributed by atoms with Gasteiger partial charge in [0.05, 0.1) is 6.04 Å². The Morgan fingerprint density at radius 3 is 2.80 bits per heavy atom. The predicted molar refractivity (Wildman–Crippen MR) is 61.1 cm³/mol. The first-order valence-electron chi connectivity index (χ1n) is 5.27. The molecular weight excluding hydrogens is 188 g/mol. The van der Waals surface area contributed by atoms with Crippen molar-refractivity contribution in [3.05, 3.63) is 35.4 Å². The number of nitrogens with two attached hydrogens (primary N) is 1. The standard InChI is InChI=1S/C12H16N2O/c1-9-2-4-10(5-3-9)12-14-11(6-7-13)8-15-12/h2-5,11H,6-8,13H2,1H3. The van der Waals surface area contributed by atoms with E-state index in [4.69, 9.17) is 10.5 Å². The molecule has 0 aliphatic carbocycles. The summed E-state index contributed by atoms with van der Waals surface area (Å²) >= 11 is 0. The van der Waals surface area contributed by atoms with E-state index in [2.05, 4.69) is 24.0 Å². The molecule has 0 aromatic heterocycles. The molecule has 0 saturated carbocycles. The van der Waals surface area contributed by atoms with E-state index in [0.29, 0.717) is 13.2 Å². The largest absolute Gasteiger partial charge is 0.475 e. The molecule has 3 heteroatoms. The zero-order chi connectivity index (χ0) is 10.7. The first-order valence-corrected chi connectivity index (χ1v) is 5.27. The average molecular weight is 204 g/mol. The number of aliphatic imine (C=N–C) groups is 1. The van der Waals surface area contributed by atoms with E-state index in [9.17, 15) is 0 Å². The fraction of sp³-hybridized carbons (Fsp3) is 0.417. The van der Waals surface area contributed by atoms with E-state index in [0.717, 1.165) is 17.9 Å². The molecule has 1 aromatic carbocycles. The second-order valence-corrected chi connectivity index (χ2v) is 3.84. The Bertz CT molecular complexity index is 356. The lowest BCUT2D eigenvalue weighted by Crippen LogP contribution is -2.12. The van der Waals surface area contributed by atoms with Gasteiger partial charge in [0.25, 0.3) is 0 Å². The normalized spacial score (nSPS) is 19.9. The van der Waals surface area contributed by atoms with E-state index in [1.807, 2.05) is 12.1 Å². The topological polar surface area (TPSA) is 47.6 Å². The van der Waals surface area contributed by atoms with Crippen LogP contribution in [0.1, 0.15) is 17.5 Å². The van der Waals surface area contributed by atoms with Crippen molar-refractivity contribution >= 4 is 5.90 Å². The molecule has 1 aliphatic heterocycles. The zero-order valence-electron chi connectivity index (χ0n) is 8.94. The van der Waals surface area contributed by atoms with Crippen LogP contribution in [0.25, 0.3) is 0 Å². The van der Waals surface area contributed by atoms with Gasteiger partial charge in [-0.2, -0.15) is 0 Å². The third-order valence-electron chi connectivity index (χ3n) is 2.51. The van der Waals surface area contributed by atoms with Crippen molar-refractivity contribution in [2.24, 2.45) is 10.7 Å². The van der Waals surface area contributed by atoms with Crippen molar-refractivity contribution in [1.29, 1.82) is 0 Å². The van der Waals surface area contributed by atoms with Gasteiger partial charge in [0.1, 0.15) is 6.61 Å². The highest BCUT2D eigenvalue weighted by Gasteiger charge is 2.18. The Morgan fingerprint density at radius 1 is 1.40 bits per heavy atom. The van der Waals surface area contributed by atoms with Crippen LogP contribution in [0.2, 0.25) is 0 Å². The number of hydrogen-bond donors (Lipinski definition) is 1. The minimum Gasteiger partial charge on any atom is -0.475 e. The van der Waals surface area contributed by atoms with Crippen LogP contribution in [0, 0.1) is 6.92 Å². The van der Waals surface area contributed by atoms with Crippen LogP contribution < -0.4 is 5.73 Å². The number of hydrogen-bond acceptors (Lipinski definition) is 3. The van der Waals surface area contributed by atoms with Gasteiger partial charge in [-0.3, -0.25) is 0 Å². The molecule has 0 radical (unpaired) electrons. The van der Waals surface area contributed by atoms with Gasteiger partial charge in [0, 0.05) is 5.56 Å². The van der Waals surface area contributed by atoms with Crippen LogP contribution >= 0.6 is 0 Å². The number of nitrogens with zero attached hydrogens (tertiary/aromatic N) is 1. The van der Waals surface area contributed by atoms with E-state index in [1.165, 1.54) is 5.56 Å². The molecule has 0 saturated heterocycles. The molecule has 1 heterocycles. The number of ether oxygens (including phenoxy) is 1. The number of benzene rings is 1. The summed E-state index contributed by atoms with van der Waals surface area (Å²) < 4.78 is 5.54. The van der Waals surface area contributed by atoms with Crippen LogP contribution in [-0.2, 0) is 4.74 Å². The molecule has 2 N–H and O–H groups in total. The van der Waals surface area contributed by atoms with Gasteiger partial charge >= 0.3 is 0 Å². The first-order chi connectivity index (χ1) is 7.29. The summed E-state index contributed by atoms with van der Waals surface area (Å²) in [5, 5.41) is 0. The second kappa shape index (κ2) is 4.45. The fourth-order valence-corrected chi connectivity index (χ4v) is 1.61. The third-order valence-corrected chi connectivity index (χ3v) is 2.51. The maximum atomic E-state index is 5.54. The summed E-state index contributed by atoms with van der Waals surface area (Å²) in [6.07, 6.45) is 0.898. The summed E-state index contributed by atoms with van der Waals surface area (Å²) in [4.78, 5) is 4.49. The van der Waals surface area contributed by atoms with Crippen molar-refractivity contribution < 1.29 is 4.74 Å². The Kier molecular flexibility index (Phi) is 3.02. The predicted octanol–water partition coefficient (Wildman–Crippen LogP) is 1.49. The van der Waals surface area contributed by atoms with E-state index >= 15 is 0 Å². The summed E-state index contributed by atoms with van der Waals surface area (Å²) in [6.45, 7) is 3.40. The lowest BCUT2D eigenvalue weighted by Gasteiger charge is -2.01. The lowest BCUT2D eigenvalue weighted by atomic mass is 10.1. The highest BCUT2D eigenvalue weighted by molar-refractivity contribution is 5.95. The quantitative estimate of drug-likeness (QED) is 0.810. The van der Waals surface area contributed by atoms with E-state index in [-0.39, 0.29) is 6.04 Å². The van der Waals surface area contributed by atoms with Crippen molar-refractivity contribution in [3.63, 3.8) is 0 Å². The van der Waals surface area contributed by atoms with E-state index < -0.39 is 0 Å². The Morgan fingerprint density at radius 2 is 2.13 bits per heavy atom. The van der Waals surface area contributed by atoms with Gasteiger partial charge in [-0.1, -0.05) is 17.7 Å². The summed E-state index contributed by atoms with van der Waals surface area (Å²) in [6, 6.07) is 8.46. The van der Waals surface area contributed by atoms with Crippen molar-refractivity contribution in [2.45, 2.75) is 19.4 Å². The number of rotatable bonds is 3. The highest BCUT2D eigenvalue weighted by Crippen LogP contribution is 2.14. The van der Waals surface area contributed by atoms with Crippen molar-refractivity contribution in [1.82, 2.24) is 0 Å². The SMILES string of the molecule is Cc1ccc(C2=NC(CCN)CO2)cc1. The molecule has 0 bridgehead atoms. The molecule has 3 nitrogen and oxygen atoms in total. The van der Waals surface area contributed by atoms with Gasteiger partial charge in [-0.25, -0.2) is 4.99 Å². The van der Waals surface area contributed by atoms with Gasteiger partial charge in [-0.15, -0.1) is 0 Å². The Labute approximate surface area is 90.0 Å². The van der Waals surface area contributed by atoms with Crippen LogP contribution in [0.5, 0.6) is 0 Å². The van der Waals surface area contributed by atoms with Gasteiger partial charge in [0.2, 0.25) is 5.90 Å². The summed E-state index contributed by atoms with van der Waals surface area (Å²) in [5.74, 6) is 0.758. The molecule has 1 unspecified atom stereocenters. The van der Waals surface area contributed by atoms with Crippen molar-refractivity contribution in [2.75, 3.05) is 13.2 Å². The Hall–Kier alpha value is -1.35. The first kappa shape index (κ1) is 10.2. The fourth-order valence-electron chi connectivity index (χ4n) is 1.61. The molecule has 0 fully saturated rings. The monoisotopic (exact) mass is 204 g/mol. The highest BCUT2D eigenvalue weighted by atomic mass is 16.5. The van der Waals surface area contributed by atoms with Crippen LogP contribution in [-0.4, -0.2) is 25.1 Å². The Balaban J connectivity index is 2.12. The van der Waals surface area contributed by atoms with Gasteiger partial charge in [0.15, 0.2) is 0 Å². The van der Waals surface area contributed by atoms with Gasteiger partial charge in [-0.05, 0) is 32.0 Å². The molecule has 2 rings (SSSR count). The molecule has 1 atom stereocenters. The molecule has 0 spiro atoms. The molecule has 80 valence electrons. The third kappa shape index (κ3) is 2.36. The zero-order valence-corrected chi connectivity index (χ0v) is 8.94. The molecule has 1 aliphatic rings. The van der Waals surface area contributed by atoms with Crippen LogP contribution in [0.3, 0.4) is 0 Å². The molecule has 15 heavy (non-hydrogen) atoms. The maximum Gasteiger partial charge on any atom is 0.216 e. The minimum absolute atomic E-state index is 0.242. The average Bonchev–Trinajstić information content (AvgIpc) is 2.68. The lowest BCUT2D eigenvalue weighted by molar-refractivity contribution is 0.313. The van der Waals surface area contributed by atoms with Crippen LogP contribution in [0.4, 0.5) is 0 Å². The minimum atomic E-state index is 0.242. The molecular formula is C12H16N2O. The van der Waals surface area contributed by atoms with E-state index in [1.54, 1.807) is 0 Å². The summed E-state index contributed by atoms with van der Waals surface area (Å²) in [5.41, 5.74) is 7.79. The molecule has 0 amide bonds. The summed E-state index contributed by atoms with van der Waals surface area (Å²) in [7, 11) is 0. The molecule has 1 aromatic rings. The second-order valence-electron chi connectivity index (χ2n) is 3.84. The van der Waals surface area contributed by atoms with Gasteiger partial charge < -0.3 is 10.5 Å².